The fraction of sp³-hybridized carbons (Fsp3) is 0.281. The number of anilines is 2. The van der Waals surface area contributed by atoms with E-state index in [1.807, 2.05) is 79.9 Å². The number of aromatic nitrogens is 1. The van der Waals surface area contributed by atoms with Crippen LogP contribution in [0.5, 0.6) is 0 Å². The zero-order chi connectivity index (χ0) is 29.1. The van der Waals surface area contributed by atoms with Crippen molar-refractivity contribution in [3.8, 4) is 11.3 Å². The highest BCUT2D eigenvalue weighted by atomic mass is 16.6. The van der Waals surface area contributed by atoms with E-state index < -0.39 is 23.4 Å². The van der Waals surface area contributed by atoms with E-state index in [4.69, 9.17) is 9.47 Å². The first-order valence-electron chi connectivity index (χ1n) is 13.1. The van der Waals surface area contributed by atoms with Crippen LogP contribution in [0, 0.1) is 0 Å². The summed E-state index contributed by atoms with van der Waals surface area (Å²) in [5.74, 6) is -0.0383. The van der Waals surface area contributed by atoms with Gasteiger partial charge in [0.2, 0.25) is 0 Å². The summed E-state index contributed by atoms with van der Waals surface area (Å²) in [6, 6.07) is 22.1. The van der Waals surface area contributed by atoms with Gasteiger partial charge < -0.3 is 13.9 Å². The Kier molecular flexibility index (Phi) is 8.00. The molecule has 4 rings (SSSR count). The Hall–Kier alpha value is -4.59. The van der Waals surface area contributed by atoms with Gasteiger partial charge in [0.05, 0.1) is 5.69 Å². The predicted octanol–water partition coefficient (Wildman–Crippen LogP) is 7.73. The van der Waals surface area contributed by atoms with Crippen LogP contribution in [0.25, 0.3) is 16.8 Å². The minimum Gasteiger partial charge on any atom is -0.444 e. The quantitative estimate of drug-likeness (QED) is 0.244. The van der Waals surface area contributed by atoms with E-state index in [1.165, 1.54) is 0 Å². The average molecular weight is 542 g/mol. The molecule has 2 aromatic heterocycles. The molecule has 0 unspecified atom stereocenters. The van der Waals surface area contributed by atoms with E-state index in [2.05, 4.69) is 10.6 Å². The molecule has 40 heavy (non-hydrogen) atoms. The number of nitrogens with one attached hydrogen (secondary N) is 2. The monoisotopic (exact) mass is 541 g/mol. The molecule has 0 aliphatic rings. The molecule has 8 nitrogen and oxygen atoms in total. The summed E-state index contributed by atoms with van der Waals surface area (Å²) in [6.07, 6.45) is 1.11. The second-order valence-corrected chi connectivity index (χ2v) is 11.5. The normalized spacial score (nSPS) is 11.7. The lowest BCUT2D eigenvalue weighted by Gasteiger charge is -2.19. The van der Waals surface area contributed by atoms with Gasteiger partial charge in [-0.05, 0) is 107 Å². The smallest absolute Gasteiger partial charge is 0.412 e. The molecule has 8 heteroatoms. The van der Waals surface area contributed by atoms with Gasteiger partial charge in [0.15, 0.2) is 5.78 Å². The number of ketones is 1. The summed E-state index contributed by atoms with van der Waals surface area (Å²) in [4.78, 5) is 37.3. The molecular formula is C32H35N3O5. The number of nitrogens with zero attached hydrogens (tertiary/aromatic N) is 1. The van der Waals surface area contributed by atoms with Crippen molar-refractivity contribution in [1.82, 2.24) is 4.40 Å². The predicted molar refractivity (Wildman–Crippen MR) is 157 cm³/mol. The Balaban J connectivity index is 1.49. The first kappa shape index (κ1) is 28.4. The van der Waals surface area contributed by atoms with Crippen LogP contribution in [0.2, 0.25) is 0 Å². The molecule has 0 radical (unpaired) electrons. The van der Waals surface area contributed by atoms with E-state index in [0.29, 0.717) is 16.9 Å². The standard InChI is InChI=1S/C32H35N3O5/c1-31(2,3)39-29(37)33-24-14-10-21(11-15-24)27-19-23(26-9-7-8-18-35(26)27)20-28(36)22-12-16-25(17-13-22)34-30(38)40-32(4,5)6/h7-19H,20H2,1-6H3,(H,33,37)(H,34,38). The number of rotatable bonds is 6. The van der Waals surface area contributed by atoms with E-state index in [1.54, 1.807) is 45.0 Å². The number of pyridine rings is 1. The number of carbonyl (C=O) groups excluding carboxylic acids is 3. The topological polar surface area (TPSA) is 98.1 Å². The van der Waals surface area contributed by atoms with Gasteiger partial charge in [-0.15, -0.1) is 0 Å². The highest BCUT2D eigenvalue weighted by Crippen LogP contribution is 2.28. The molecule has 0 saturated carbocycles. The van der Waals surface area contributed by atoms with Gasteiger partial charge >= 0.3 is 12.2 Å². The Morgan fingerprint density at radius 2 is 1.25 bits per heavy atom. The van der Waals surface area contributed by atoms with Gasteiger partial charge in [-0.2, -0.15) is 0 Å². The fourth-order valence-corrected chi connectivity index (χ4v) is 4.17. The van der Waals surface area contributed by atoms with Crippen LogP contribution in [-0.2, 0) is 15.9 Å². The Morgan fingerprint density at radius 3 is 1.77 bits per heavy atom. The van der Waals surface area contributed by atoms with Crippen LogP contribution in [0.15, 0.2) is 79.0 Å². The van der Waals surface area contributed by atoms with Crippen molar-refractivity contribution in [2.24, 2.45) is 0 Å². The average Bonchev–Trinajstić information content (AvgIpc) is 3.21. The largest absolute Gasteiger partial charge is 0.444 e. The number of fused-ring (bicyclic) bond motifs is 1. The number of benzene rings is 2. The second kappa shape index (κ2) is 11.3. The van der Waals surface area contributed by atoms with Gasteiger partial charge in [0, 0.05) is 35.1 Å². The molecule has 0 fully saturated rings. The third-order valence-corrected chi connectivity index (χ3v) is 5.79. The first-order chi connectivity index (χ1) is 18.8. The van der Waals surface area contributed by atoms with Crippen molar-refractivity contribution in [3.63, 3.8) is 0 Å². The Morgan fingerprint density at radius 1 is 0.725 bits per heavy atom. The molecule has 2 heterocycles. The van der Waals surface area contributed by atoms with Crippen molar-refractivity contribution in [3.05, 3.63) is 90.1 Å². The van der Waals surface area contributed by atoms with E-state index in [0.717, 1.165) is 22.3 Å². The van der Waals surface area contributed by atoms with Crippen molar-refractivity contribution in [2.45, 2.75) is 59.2 Å². The van der Waals surface area contributed by atoms with Gasteiger partial charge in [-0.1, -0.05) is 18.2 Å². The minimum atomic E-state index is -0.599. The van der Waals surface area contributed by atoms with Gasteiger partial charge in [0.25, 0.3) is 0 Å². The van der Waals surface area contributed by atoms with Gasteiger partial charge in [-0.25, -0.2) is 9.59 Å². The maximum Gasteiger partial charge on any atom is 0.412 e. The van der Waals surface area contributed by atoms with Crippen molar-refractivity contribution in [1.29, 1.82) is 0 Å². The molecule has 2 N–H and O–H groups in total. The van der Waals surface area contributed by atoms with E-state index >= 15 is 0 Å². The number of hydrogen-bond acceptors (Lipinski definition) is 5. The number of hydrogen-bond donors (Lipinski definition) is 2. The highest BCUT2D eigenvalue weighted by Gasteiger charge is 2.18. The summed E-state index contributed by atoms with van der Waals surface area (Å²) in [5.41, 5.74) is 4.23. The summed E-state index contributed by atoms with van der Waals surface area (Å²) in [6.45, 7) is 10.8. The zero-order valence-corrected chi connectivity index (χ0v) is 23.7. The zero-order valence-electron chi connectivity index (χ0n) is 23.7. The first-order valence-corrected chi connectivity index (χ1v) is 13.1. The second-order valence-electron chi connectivity index (χ2n) is 11.5. The Labute approximate surface area is 234 Å². The van der Waals surface area contributed by atoms with Crippen molar-refractivity contribution < 1.29 is 23.9 Å². The molecule has 4 aromatic rings. The summed E-state index contributed by atoms with van der Waals surface area (Å²) in [7, 11) is 0. The molecular weight excluding hydrogens is 506 g/mol. The number of Topliss-reactive ketones (excluding diaryl/α,β-unsaturated/α-hetero) is 1. The van der Waals surface area contributed by atoms with E-state index in [9.17, 15) is 14.4 Å². The molecule has 0 aliphatic carbocycles. The maximum atomic E-state index is 13.2. The van der Waals surface area contributed by atoms with Crippen LogP contribution in [0.4, 0.5) is 21.0 Å². The number of carbonyl (C=O) groups is 3. The third-order valence-electron chi connectivity index (χ3n) is 5.79. The minimum absolute atomic E-state index is 0.0383. The lowest BCUT2D eigenvalue weighted by Crippen LogP contribution is -2.27. The van der Waals surface area contributed by atoms with Crippen molar-refractivity contribution >= 4 is 34.9 Å². The van der Waals surface area contributed by atoms with Crippen molar-refractivity contribution in [2.75, 3.05) is 10.6 Å². The maximum absolute atomic E-state index is 13.2. The van der Waals surface area contributed by atoms with Gasteiger partial charge in [-0.3, -0.25) is 15.4 Å². The molecule has 0 atom stereocenters. The Bertz CT molecular complexity index is 1520. The summed E-state index contributed by atoms with van der Waals surface area (Å²) >= 11 is 0. The lowest BCUT2D eigenvalue weighted by atomic mass is 10.0. The van der Waals surface area contributed by atoms with Crippen LogP contribution in [0.3, 0.4) is 0 Å². The third kappa shape index (κ3) is 7.50. The van der Waals surface area contributed by atoms with Gasteiger partial charge in [0.1, 0.15) is 11.2 Å². The lowest BCUT2D eigenvalue weighted by molar-refractivity contribution is 0.0624. The number of amides is 2. The fourth-order valence-electron chi connectivity index (χ4n) is 4.17. The SMILES string of the molecule is CC(C)(C)OC(=O)Nc1ccc(C(=O)Cc2cc(-c3ccc(NC(=O)OC(C)(C)C)cc3)n3ccccc23)cc1. The highest BCUT2D eigenvalue weighted by molar-refractivity contribution is 5.99. The van der Waals surface area contributed by atoms with Crippen LogP contribution in [0.1, 0.15) is 57.5 Å². The molecule has 0 spiro atoms. The summed E-state index contributed by atoms with van der Waals surface area (Å²) < 4.78 is 12.6. The summed E-state index contributed by atoms with van der Waals surface area (Å²) in [5, 5.41) is 5.42. The molecule has 0 bridgehead atoms. The molecule has 208 valence electrons. The molecule has 2 amide bonds. The van der Waals surface area contributed by atoms with Crippen LogP contribution in [-0.4, -0.2) is 33.6 Å². The number of ether oxygens (including phenoxy) is 2. The van der Waals surface area contributed by atoms with Crippen LogP contribution >= 0.6 is 0 Å². The molecule has 0 saturated heterocycles. The van der Waals surface area contributed by atoms with E-state index in [-0.39, 0.29) is 12.2 Å². The molecule has 0 aliphatic heterocycles. The molecule has 2 aromatic carbocycles. The van der Waals surface area contributed by atoms with Crippen LogP contribution < -0.4 is 10.6 Å².